The van der Waals surface area contributed by atoms with Crippen molar-refractivity contribution < 1.29 is 17.9 Å². The van der Waals surface area contributed by atoms with Crippen LogP contribution >= 0.6 is 11.3 Å². The summed E-state index contributed by atoms with van der Waals surface area (Å²) >= 11 is 1.18. The first-order valence-electron chi connectivity index (χ1n) is 8.25. The van der Waals surface area contributed by atoms with Crippen molar-refractivity contribution in [2.45, 2.75) is 51.2 Å². The largest absolute Gasteiger partial charge is 0.447 e. The lowest BCUT2D eigenvalue weighted by atomic mass is 10.1. The first-order chi connectivity index (χ1) is 12.4. The van der Waals surface area contributed by atoms with E-state index < -0.39 is 21.7 Å². The fourth-order valence-electron chi connectivity index (χ4n) is 2.26. The fraction of sp³-hybridized carbons (Fsp3) is 0.412. The number of amides is 1. The van der Waals surface area contributed by atoms with Gasteiger partial charge in [-0.3, -0.25) is 10.3 Å². The van der Waals surface area contributed by atoms with E-state index >= 15 is 0 Å². The maximum Gasteiger partial charge on any atom is 0.411 e. The molecule has 1 amide bonds. The van der Waals surface area contributed by atoms with Gasteiger partial charge in [0.2, 0.25) is 10.0 Å². The van der Waals surface area contributed by atoms with Crippen molar-refractivity contribution in [3.63, 3.8) is 0 Å². The molecule has 2 rings (SSSR count). The summed E-state index contributed by atoms with van der Waals surface area (Å²) in [5.41, 5.74) is 0.0722. The first kappa shape index (κ1) is 21.4. The Hall–Kier alpha value is -1.91. The van der Waals surface area contributed by atoms with Gasteiger partial charge in [-0.25, -0.2) is 17.9 Å². The van der Waals surface area contributed by atoms with E-state index in [0.29, 0.717) is 21.0 Å². The molecular formula is C17H22BN3O4S2. The minimum atomic E-state index is -3.87. The maximum atomic E-state index is 13.0. The maximum absolute atomic E-state index is 13.0. The molecule has 1 heterocycles. The van der Waals surface area contributed by atoms with Gasteiger partial charge in [0, 0.05) is 27.9 Å². The molecule has 10 heteroatoms. The number of thiazole rings is 1. The summed E-state index contributed by atoms with van der Waals surface area (Å²) in [5.74, 6) is 0. The Kier molecular flexibility index (Phi) is 6.33. The zero-order valence-electron chi connectivity index (χ0n) is 15.9. The van der Waals surface area contributed by atoms with Crippen LogP contribution < -0.4 is 14.9 Å². The van der Waals surface area contributed by atoms with Crippen LogP contribution in [0.4, 0.5) is 10.5 Å². The van der Waals surface area contributed by atoms with Crippen LogP contribution in [0.15, 0.2) is 29.3 Å². The van der Waals surface area contributed by atoms with Crippen LogP contribution in [-0.2, 0) is 14.8 Å². The van der Waals surface area contributed by atoms with Gasteiger partial charge < -0.3 is 4.74 Å². The highest BCUT2D eigenvalue weighted by Crippen LogP contribution is 2.32. The van der Waals surface area contributed by atoms with E-state index in [-0.39, 0.29) is 11.0 Å². The molecule has 0 aliphatic heterocycles. The average Bonchev–Trinajstić information content (AvgIpc) is 2.90. The molecular weight excluding hydrogens is 385 g/mol. The summed E-state index contributed by atoms with van der Waals surface area (Å²) in [6.07, 6.45) is 0.563. The third kappa shape index (κ3) is 6.05. The number of benzene rings is 1. The van der Waals surface area contributed by atoms with E-state index in [0.717, 1.165) is 0 Å². The number of sulfonamides is 1. The van der Waals surface area contributed by atoms with Crippen LogP contribution in [0.3, 0.4) is 0 Å². The van der Waals surface area contributed by atoms with Crippen LogP contribution in [0.1, 0.15) is 34.6 Å². The van der Waals surface area contributed by atoms with Gasteiger partial charge in [-0.05, 0) is 46.8 Å². The van der Waals surface area contributed by atoms with Gasteiger partial charge in [0.1, 0.15) is 0 Å². The summed E-state index contributed by atoms with van der Waals surface area (Å²) in [6.45, 7) is 8.69. The summed E-state index contributed by atoms with van der Waals surface area (Å²) in [4.78, 5) is 16.8. The Bertz CT molecular complexity index is 934. The van der Waals surface area contributed by atoms with Crippen LogP contribution in [0.2, 0.25) is 0 Å². The van der Waals surface area contributed by atoms with Crippen molar-refractivity contribution >= 4 is 45.9 Å². The number of aromatic nitrogens is 1. The molecule has 0 aliphatic rings. The van der Waals surface area contributed by atoms with Crippen LogP contribution in [-0.4, -0.2) is 39.0 Å². The van der Waals surface area contributed by atoms with Crippen molar-refractivity contribution in [1.29, 1.82) is 0 Å². The van der Waals surface area contributed by atoms with Gasteiger partial charge >= 0.3 is 6.09 Å². The SMILES string of the molecule is [B]c1ncc(-c2ccc(NC(=O)OC(C)C)cc2S(=O)(=O)NC(C)(C)C)s1. The topological polar surface area (TPSA) is 97.4 Å². The number of hydrogen-bond donors (Lipinski definition) is 2. The fourth-order valence-corrected chi connectivity index (χ4v) is 4.71. The zero-order chi connectivity index (χ0) is 20.4. The van der Waals surface area contributed by atoms with Gasteiger partial charge in [0.25, 0.3) is 0 Å². The van der Waals surface area contributed by atoms with Crippen molar-refractivity contribution in [3.8, 4) is 10.4 Å². The zero-order valence-corrected chi connectivity index (χ0v) is 17.5. The normalized spacial score (nSPS) is 12.2. The number of nitrogens with one attached hydrogen (secondary N) is 2. The van der Waals surface area contributed by atoms with E-state index in [1.165, 1.54) is 23.6 Å². The van der Waals surface area contributed by atoms with Crippen molar-refractivity contribution in [2.75, 3.05) is 5.32 Å². The van der Waals surface area contributed by atoms with E-state index in [1.54, 1.807) is 46.8 Å². The third-order valence-electron chi connectivity index (χ3n) is 3.09. The standard InChI is InChI=1S/C17H22BN3O4S2/c1-10(2)25-16(22)20-11-6-7-12(13-9-19-15(18)26-13)14(8-11)27(23,24)21-17(3,4)5/h6-10,21H,1-5H3,(H,20,22). The van der Waals surface area contributed by atoms with Gasteiger partial charge in [-0.2, -0.15) is 0 Å². The number of carbonyl (C=O) groups excluding carboxylic acids is 1. The van der Waals surface area contributed by atoms with Crippen molar-refractivity contribution in [3.05, 3.63) is 24.4 Å². The second kappa shape index (κ2) is 7.99. The van der Waals surface area contributed by atoms with Crippen LogP contribution in [0, 0.1) is 0 Å². The smallest absolute Gasteiger partial charge is 0.411 e. The molecule has 0 spiro atoms. The molecule has 2 aromatic rings. The van der Waals surface area contributed by atoms with E-state index in [2.05, 4.69) is 15.0 Å². The Morgan fingerprint density at radius 3 is 2.48 bits per heavy atom. The van der Waals surface area contributed by atoms with Crippen LogP contribution in [0.25, 0.3) is 10.4 Å². The highest BCUT2D eigenvalue weighted by atomic mass is 32.2. The molecule has 2 N–H and O–H groups in total. The molecule has 0 fully saturated rings. The molecule has 0 saturated carbocycles. The quantitative estimate of drug-likeness (QED) is 0.743. The van der Waals surface area contributed by atoms with Crippen molar-refractivity contribution in [1.82, 2.24) is 9.71 Å². The predicted octanol–water partition coefficient (Wildman–Crippen LogP) is 2.64. The molecule has 1 aromatic heterocycles. The Morgan fingerprint density at radius 1 is 1.30 bits per heavy atom. The van der Waals surface area contributed by atoms with E-state index in [4.69, 9.17) is 12.6 Å². The molecule has 2 radical (unpaired) electrons. The van der Waals surface area contributed by atoms with Crippen molar-refractivity contribution in [2.24, 2.45) is 0 Å². The number of rotatable bonds is 5. The van der Waals surface area contributed by atoms with E-state index in [9.17, 15) is 13.2 Å². The minimum absolute atomic E-state index is 0.0171. The molecule has 27 heavy (non-hydrogen) atoms. The highest BCUT2D eigenvalue weighted by molar-refractivity contribution is 7.89. The molecule has 7 nitrogen and oxygen atoms in total. The predicted molar refractivity (Wildman–Crippen MR) is 108 cm³/mol. The summed E-state index contributed by atoms with van der Waals surface area (Å²) in [6, 6.07) is 4.60. The second-order valence-corrected chi connectivity index (χ2v) is 9.92. The average molecular weight is 407 g/mol. The lowest BCUT2D eigenvalue weighted by molar-refractivity contribution is 0.130. The van der Waals surface area contributed by atoms with Crippen LogP contribution in [0.5, 0.6) is 0 Å². The molecule has 0 aliphatic carbocycles. The number of carbonyl (C=O) groups is 1. The number of nitrogens with zero attached hydrogens (tertiary/aromatic N) is 1. The third-order valence-corrected chi connectivity index (χ3v) is 5.75. The number of ether oxygens (including phenoxy) is 1. The van der Waals surface area contributed by atoms with Gasteiger partial charge in [-0.1, -0.05) is 6.07 Å². The Balaban J connectivity index is 2.51. The minimum Gasteiger partial charge on any atom is -0.447 e. The molecule has 144 valence electrons. The Labute approximate surface area is 165 Å². The summed E-state index contributed by atoms with van der Waals surface area (Å²) in [7, 11) is 1.81. The molecule has 0 bridgehead atoms. The molecule has 0 unspecified atom stereocenters. The summed E-state index contributed by atoms with van der Waals surface area (Å²) < 4.78 is 33.6. The van der Waals surface area contributed by atoms with Gasteiger partial charge in [0.05, 0.1) is 15.9 Å². The van der Waals surface area contributed by atoms with Gasteiger partial charge in [0.15, 0.2) is 7.85 Å². The Morgan fingerprint density at radius 2 is 1.96 bits per heavy atom. The van der Waals surface area contributed by atoms with Gasteiger partial charge in [-0.15, -0.1) is 11.3 Å². The molecule has 0 atom stereocenters. The number of anilines is 1. The second-order valence-electron chi connectivity index (χ2n) is 7.21. The van der Waals surface area contributed by atoms with E-state index in [1.807, 2.05) is 0 Å². The first-order valence-corrected chi connectivity index (χ1v) is 10.5. The monoisotopic (exact) mass is 407 g/mol. The lowest BCUT2D eigenvalue weighted by Crippen LogP contribution is -2.40. The highest BCUT2D eigenvalue weighted by Gasteiger charge is 2.26. The molecule has 0 saturated heterocycles. The lowest BCUT2D eigenvalue weighted by Gasteiger charge is -2.22. The summed E-state index contributed by atoms with van der Waals surface area (Å²) in [5, 5.41) is 2.54. The number of hydrogen-bond acceptors (Lipinski definition) is 6. The molecule has 1 aromatic carbocycles.